The van der Waals surface area contributed by atoms with Crippen LogP contribution < -0.4 is 9.47 Å². The molecule has 3 heteroatoms. The number of aryl methyl sites for hydroxylation is 2. The predicted octanol–water partition coefficient (Wildman–Crippen LogP) is 3.73. The van der Waals surface area contributed by atoms with Gasteiger partial charge < -0.3 is 14.6 Å². The number of methoxy groups -OCH3 is 1. The Balaban J connectivity index is 2.13. The van der Waals surface area contributed by atoms with E-state index in [1.807, 2.05) is 57.2 Å². The summed E-state index contributed by atoms with van der Waals surface area (Å²) in [5.41, 5.74) is 4.11. The molecule has 0 bridgehead atoms. The molecule has 0 radical (unpaired) electrons. The summed E-state index contributed by atoms with van der Waals surface area (Å²) in [4.78, 5) is 0. The molecule has 2 aromatic carbocycles. The maximum Gasteiger partial charge on any atom is 0.124 e. The van der Waals surface area contributed by atoms with Gasteiger partial charge in [-0.2, -0.15) is 0 Å². The number of aliphatic hydroxyl groups excluding tert-OH is 1. The van der Waals surface area contributed by atoms with E-state index in [-0.39, 0.29) is 6.61 Å². The maximum absolute atomic E-state index is 10.4. The zero-order chi connectivity index (χ0) is 15.4. The first-order valence-electron chi connectivity index (χ1n) is 7.04. The van der Waals surface area contributed by atoms with Crippen molar-refractivity contribution in [2.45, 2.75) is 26.9 Å². The Kier molecular flexibility index (Phi) is 4.86. The fourth-order valence-corrected chi connectivity index (χ4v) is 2.25. The summed E-state index contributed by atoms with van der Waals surface area (Å²) in [5.74, 6) is 1.48. The molecule has 0 saturated heterocycles. The van der Waals surface area contributed by atoms with Crippen LogP contribution in [0.4, 0.5) is 0 Å². The van der Waals surface area contributed by atoms with Crippen molar-refractivity contribution in [2.75, 3.05) is 13.7 Å². The van der Waals surface area contributed by atoms with Gasteiger partial charge in [-0.3, -0.25) is 0 Å². The van der Waals surface area contributed by atoms with Crippen LogP contribution in [-0.4, -0.2) is 18.8 Å². The molecule has 112 valence electrons. The first-order valence-corrected chi connectivity index (χ1v) is 7.04. The highest BCUT2D eigenvalue weighted by atomic mass is 16.5. The van der Waals surface area contributed by atoms with E-state index < -0.39 is 6.10 Å². The summed E-state index contributed by atoms with van der Waals surface area (Å²) in [5, 5.41) is 10.4. The number of hydrogen-bond acceptors (Lipinski definition) is 3. The van der Waals surface area contributed by atoms with E-state index in [0.717, 1.165) is 22.4 Å². The molecule has 0 aliphatic carbocycles. The lowest BCUT2D eigenvalue weighted by atomic mass is 10.1. The summed E-state index contributed by atoms with van der Waals surface area (Å²) in [6.45, 7) is 6.25. The van der Waals surface area contributed by atoms with Crippen molar-refractivity contribution in [3.05, 3.63) is 58.7 Å². The van der Waals surface area contributed by atoms with E-state index in [0.29, 0.717) is 5.75 Å². The van der Waals surface area contributed by atoms with Crippen LogP contribution >= 0.6 is 0 Å². The fraction of sp³-hybridized carbons (Fsp3) is 0.333. The van der Waals surface area contributed by atoms with Crippen LogP contribution in [0.25, 0.3) is 0 Å². The topological polar surface area (TPSA) is 38.7 Å². The molecule has 0 heterocycles. The van der Waals surface area contributed by atoms with Gasteiger partial charge in [-0.05, 0) is 50.1 Å². The Bertz CT molecular complexity index is 620. The second kappa shape index (κ2) is 6.64. The van der Waals surface area contributed by atoms with Crippen LogP contribution in [0.1, 0.15) is 28.4 Å². The standard InChI is InChI=1S/C18H22O3/c1-12-8-9-18(20-4)15(10-12)16(19)11-21-17-7-5-6-13(2)14(17)3/h5-10,16,19H,11H2,1-4H3. The quantitative estimate of drug-likeness (QED) is 0.910. The Hall–Kier alpha value is -2.00. The molecular formula is C18H22O3. The van der Waals surface area contributed by atoms with Crippen molar-refractivity contribution in [3.8, 4) is 11.5 Å². The van der Waals surface area contributed by atoms with Gasteiger partial charge in [-0.25, -0.2) is 0 Å². The number of hydrogen-bond donors (Lipinski definition) is 1. The largest absolute Gasteiger partial charge is 0.496 e. The van der Waals surface area contributed by atoms with E-state index in [1.165, 1.54) is 5.56 Å². The molecule has 0 amide bonds. The molecule has 0 fully saturated rings. The van der Waals surface area contributed by atoms with E-state index >= 15 is 0 Å². The highest BCUT2D eigenvalue weighted by Crippen LogP contribution is 2.28. The summed E-state index contributed by atoms with van der Waals surface area (Å²) in [6, 6.07) is 11.7. The van der Waals surface area contributed by atoms with Crippen LogP contribution in [0.3, 0.4) is 0 Å². The minimum Gasteiger partial charge on any atom is -0.496 e. The summed E-state index contributed by atoms with van der Waals surface area (Å²) in [7, 11) is 1.60. The molecule has 0 aliphatic rings. The van der Waals surface area contributed by atoms with Crippen molar-refractivity contribution in [1.82, 2.24) is 0 Å². The normalized spacial score (nSPS) is 12.0. The van der Waals surface area contributed by atoms with E-state index in [4.69, 9.17) is 9.47 Å². The van der Waals surface area contributed by atoms with Crippen LogP contribution in [0, 0.1) is 20.8 Å². The molecular weight excluding hydrogens is 264 g/mol. The third kappa shape index (κ3) is 3.56. The monoisotopic (exact) mass is 286 g/mol. The van der Waals surface area contributed by atoms with Gasteiger partial charge in [0, 0.05) is 5.56 Å². The van der Waals surface area contributed by atoms with Gasteiger partial charge in [0.25, 0.3) is 0 Å². The maximum atomic E-state index is 10.4. The Labute approximate surface area is 126 Å². The minimum absolute atomic E-state index is 0.199. The first-order chi connectivity index (χ1) is 10.0. The number of benzene rings is 2. The first kappa shape index (κ1) is 15.4. The number of aliphatic hydroxyl groups is 1. The molecule has 1 atom stereocenters. The third-order valence-corrected chi connectivity index (χ3v) is 3.70. The van der Waals surface area contributed by atoms with Gasteiger partial charge in [-0.15, -0.1) is 0 Å². The average molecular weight is 286 g/mol. The Morgan fingerprint density at radius 1 is 1.05 bits per heavy atom. The van der Waals surface area contributed by atoms with E-state index in [9.17, 15) is 5.11 Å². The van der Waals surface area contributed by atoms with Gasteiger partial charge >= 0.3 is 0 Å². The Morgan fingerprint density at radius 3 is 2.52 bits per heavy atom. The Morgan fingerprint density at radius 2 is 1.81 bits per heavy atom. The van der Waals surface area contributed by atoms with Crippen LogP contribution in [0.15, 0.2) is 36.4 Å². The van der Waals surface area contributed by atoms with Crippen molar-refractivity contribution in [1.29, 1.82) is 0 Å². The lowest BCUT2D eigenvalue weighted by molar-refractivity contribution is 0.105. The number of rotatable bonds is 5. The van der Waals surface area contributed by atoms with Gasteiger partial charge in [0.1, 0.15) is 24.2 Å². The molecule has 0 aromatic heterocycles. The minimum atomic E-state index is -0.722. The van der Waals surface area contributed by atoms with E-state index in [2.05, 4.69) is 0 Å². The van der Waals surface area contributed by atoms with Crippen molar-refractivity contribution >= 4 is 0 Å². The summed E-state index contributed by atoms with van der Waals surface area (Å²) >= 11 is 0. The summed E-state index contributed by atoms with van der Waals surface area (Å²) in [6.07, 6.45) is -0.722. The van der Waals surface area contributed by atoms with Crippen molar-refractivity contribution < 1.29 is 14.6 Å². The molecule has 1 unspecified atom stereocenters. The molecule has 3 nitrogen and oxygen atoms in total. The van der Waals surface area contributed by atoms with Gasteiger partial charge in [0.2, 0.25) is 0 Å². The lowest BCUT2D eigenvalue weighted by Gasteiger charge is -2.17. The van der Waals surface area contributed by atoms with Crippen molar-refractivity contribution in [2.24, 2.45) is 0 Å². The van der Waals surface area contributed by atoms with Crippen LogP contribution in [-0.2, 0) is 0 Å². The molecule has 1 N–H and O–H groups in total. The smallest absolute Gasteiger partial charge is 0.124 e. The average Bonchev–Trinajstić information content (AvgIpc) is 2.48. The zero-order valence-electron chi connectivity index (χ0n) is 13.0. The molecule has 2 aromatic rings. The van der Waals surface area contributed by atoms with E-state index in [1.54, 1.807) is 7.11 Å². The molecule has 2 rings (SSSR count). The van der Waals surface area contributed by atoms with Gasteiger partial charge in [0.05, 0.1) is 7.11 Å². The van der Waals surface area contributed by atoms with Crippen LogP contribution in [0.5, 0.6) is 11.5 Å². The molecule has 21 heavy (non-hydrogen) atoms. The third-order valence-electron chi connectivity index (χ3n) is 3.70. The summed E-state index contributed by atoms with van der Waals surface area (Å²) < 4.78 is 11.1. The van der Waals surface area contributed by atoms with Gasteiger partial charge in [0.15, 0.2) is 0 Å². The molecule has 0 saturated carbocycles. The fourth-order valence-electron chi connectivity index (χ4n) is 2.25. The lowest BCUT2D eigenvalue weighted by Crippen LogP contribution is -2.11. The number of ether oxygens (including phenoxy) is 2. The second-order valence-corrected chi connectivity index (χ2v) is 5.27. The van der Waals surface area contributed by atoms with Crippen LogP contribution in [0.2, 0.25) is 0 Å². The predicted molar refractivity (Wildman–Crippen MR) is 84.1 cm³/mol. The van der Waals surface area contributed by atoms with Crippen molar-refractivity contribution in [3.63, 3.8) is 0 Å². The van der Waals surface area contributed by atoms with Gasteiger partial charge in [-0.1, -0.05) is 23.8 Å². The second-order valence-electron chi connectivity index (χ2n) is 5.27. The zero-order valence-corrected chi connectivity index (χ0v) is 13.0. The SMILES string of the molecule is COc1ccc(C)cc1C(O)COc1cccc(C)c1C. The highest BCUT2D eigenvalue weighted by molar-refractivity contribution is 5.40. The highest BCUT2D eigenvalue weighted by Gasteiger charge is 2.15. The molecule has 0 spiro atoms. The molecule has 0 aliphatic heterocycles.